The zero-order valence-corrected chi connectivity index (χ0v) is 19.7. The van der Waals surface area contributed by atoms with Crippen LogP contribution in [0.4, 0.5) is 4.79 Å². The van der Waals surface area contributed by atoms with Crippen LogP contribution in [0.2, 0.25) is 0 Å². The quantitative estimate of drug-likeness (QED) is 0.642. The molecule has 1 fully saturated rings. The second-order valence-electron chi connectivity index (χ2n) is 9.66. The molecule has 1 saturated heterocycles. The Bertz CT molecular complexity index is 968. The summed E-state index contributed by atoms with van der Waals surface area (Å²) in [7, 11) is 4.09. The summed E-state index contributed by atoms with van der Waals surface area (Å²) < 4.78 is 11.3. The monoisotopic (exact) mass is 425 g/mol. The van der Waals surface area contributed by atoms with Crippen molar-refractivity contribution in [3.05, 3.63) is 29.0 Å². The summed E-state index contributed by atoms with van der Waals surface area (Å²) in [6.07, 6.45) is 3.72. The number of fused-ring (bicyclic) bond motifs is 1. The summed E-state index contributed by atoms with van der Waals surface area (Å²) in [6.45, 7) is 9.84. The summed E-state index contributed by atoms with van der Waals surface area (Å²) in [4.78, 5) is 16.2. The predicted octanol–water partition coefficient (Wildman–Crippen LogP) is 4.84. The molecule has 0 aliphatic carbocycles. The molecule has 1 aromatic heterocycles. The van der Waals surface area contributed by atoms with E-state index in [1.54, 1.807) is 0 Å². The third kappa shape index (κ3) is 6.01. The minimum absolute atomic E-state index is 0.201. The largest absolute Gasteiger partial charge is 0.444 e. The minimum atomic E-state index is -0.448. The van der Waals surface area contributed by atoms with Crippen LogP contribution in [0.1, 0.15) is 63.8 Å². The van der Waals surface area contributed by atoms with E-state index in [1.165, 1.54) is 0 Å². The van der Waals surface area contributed by atoms with Gasteiger partial charge in [-0.05, 0) is 85.5 Å². The summed E-state index contributed by atoms with van der Waals surface area (Å²) >= 11 is 0. The number of piperidine rings is 1. The lowest BCUT2D eigenvalue weighted by molar-refractivity contribution is 0.0181. The number of amides is 1. The van der Waals surface area contributed by atoms with Crippen molar-refractivity contribution >= 4 is 17.1 Å². The van der Waals surface area contributed by atoms with E-state index < -0.39 is 5.60 Å². The first-order valence-corrected chi connectivity index (χ1v) is 11.1. The molecule has 0 radical (unpaired) electrons. The van der Waals surface area contributed by atoms with Crippen molar-refractivity contribution in [3.8, 4) is 11.8 Å². The van der Waals surface area contributed by atoms with E-state index in [9.17, 15) is 4.79 Å². The third-order valence-corrected chi connectivity index (χ3v) is 5.61. The standard InChI is InChI=1S/C25H35N3O3/c1-7-8-19-10-11-20-22(26-31-23(20)21(19)17-27(5)6)12-9-18-13-15-28(16-14-18)24(29)30-25(2,3)4/h10-11,18H,9,12-17H2,1-6H3. The molecule has 2 aromatic rings. The summed E-state index contributed by atoms with van der Waals surface area (Å²) in [5, 5.41) is 5.49. The number of likely N-dealkylation sites (tertiary alicyclic amines) is 1. The average Bonchev–Trinajstić information content (AvgIpc) is 3.10. The highest BCUT2D eigenvalue weighted by molar-refractivity contribution is 5.84. The molecular formula is C25H35N3O3. The van der Waals surface area contributed by atoms with Gasteiger partial charge in [0.15, 0.2) is 5.58 Å². The van der Waals surface area contributed by atoms with Gasteiger partial charge in [0.25, 0.3) is 0 Å². The Kier molecular flexibility index (Phi) is 7.27. The van der Waals surface area contributed by atoms with E-state index in [0.29, 0.717) is 5.92 Å². The molecule has 0 bridgehead atoms. The second-order valence-corrected chi connectivity index (χ2v) is 9.66. The van der Waals surface area contributed by atoms with Gasteiger partial charge in [-0.3, -0.25) is 0 Å². The molecule has 1 aliphatic heterocycles. The molecule has 0 atom stereocenters. The maximum atomic E-state index is 12.3. The predicted molar refractivity (Wildman–Crippen MR) is 123 cm³/mol. The lowest BCUT2D eigenvalue weighted by atomic mass is 9.91. The fourth-order valence-corrected chi connectivity index (χ4v) is 4.09. The molecular weight excluding hydrogens is 390 g/mol. The van der Waals surface area contributed by atoms with Crippen molar-refractivity contribution in [2.24, 2.45) is 5.92 Å². The Morgan fingerprint density at radius 2 is 2.00 bits per heavy atom. The van der Waals surface area contributed by atoms with Gasteiger partial charge < -0.3 is 19.1 Å². The van der Waals surface area contributed by atoms with Gasteiger partial charge in [-0.1, -0.05) is 11.1 Å². The van der Waals surface area contributed by atoms with Crippen LogP contribution in [0.25, 0.3) is 11.0 Å². The average molecular weight is 426 g/mol. The normalized spacial score (nSPS) is 15.3. The topological polar surface area (TPSA) is 58.8 Å². The maximum absolute atomic E-state index is 12.3. The van der Waals surface area contributed by atoms with Gasteiger partial charge >= 0.3 is 6.09 Å². The van der Waals surface area contributed by atoms with Crippen molar-refractivity contribution < 1.29 is 14.1 Å². The number of benzene rings is 1. The number of aryl methyl sites for hydroxylation is 1. The van der Waals surface area contributed by atoms with E-state index in [1.807, 2.05) is 46.7 Å². The molecule has 6 nitrogen and oxygen atoms in total. The van der Waals surface area contributed by atoms with E-state index in [-0.39, 0.29) is 6.09 Å². The molecule has 0 saturated carbocycles. The van der Waals surface area contributed by atoms with Crippen molar-refractivity contribution in [2.75, 3.05) is 27.2 Å². The van der Waals surface area contributed by atoms with Crippen LogP contribution in [-0.4, -0.2) is 53.8 Å². The van der Waals surface area contributed by atoms with Crippen LogP contribution in [0, 0.1) is 17.8 Å². The highest BCUT2D eigenvalue weighted by Crippen LogP contribution is 2.29. The molecule has 0 unspecified atom stereocenters. The van der Waals surface area contributed by atoms with Gasteiger partial charge in [0.1, 0.15) is 5.60 Å². The molecule has 6 heteroatoms. The summed E-state index contributed by atoms with van der Waals surface area (Å²) in [6, 6.07) is 4.17. The van der Waals surface area contributed by atoms with Gasteiger partial charge in [-0.25, -0.2) is 4.79 Å². The van der Waals surface area contributed by atoms with Crippen molar-refractivity contribution in [1.82, 2.24) is 15.0 Å². The third-order valence-electron chi connectivity index (χ3n) is 5.61. The SMILES string of the molecule is CC#Cc1ccc2c(CCC3CCN(C(=O)OC(C)(C)C)CC3)noc2c1CN(C)C. The van der Waals surface area contributed by atoms with Crippen LogP contribution < -0.4 is 0 Å². The maximum Gasteiger partial charge on any atom is 0.410 e. The van der Waals surface area contributed by atoms with Crippen LogP contribution in [0.3, 0.4) is 0 Å². The number of hydrogen-bond acceptors (Lipinski definition) is 5. The van der Waals surface area contributed by atoms with Gasteiger partial charge in [0, 0.05) is 36.1 Å². The molecule has 31 heavy (non-hydrogen) atoms. The fraction of sp³-hybridized carbons (Fsp3) is 0.600. The van der Waals surface area contributed by atoms with E-state index in [2.05, 4.69) is 34.0 Å². The number of hydrogen-bond donors (Lipinski definition) is 0. The highest BCUT2D eigenvalue weighted by atomic mass is 16.6. The lowest BCUT2D eigenvalue weighted by Gasteiger charge is -2.33. The number of aromatic nitrogens is 1. The second kappa shape index (κ2) is 9.74. The zero-order chi connectivity index (χ0) is 22.6. The molecule has 1 aliphatic rings. The lowest BCUT2D eigenvalue weighted by Crippen LogP contribution is -2.41. The van der Waals surface area contributed by atoms with Crippen molar-refractivity contribution in [2.45, 2.75) is 65.5 Å². The van der Waals surface area contributed by atoms with Gasteiger partial charge in [0.05, 0.1) is 5.69 Å². The van der Waals surface area contributed by atoms with Gasteiger partial charge in [0.2, 0.25) is 0 Å². The summed E-state index contributed by atoms with van der Waals surface area (Å²) in [5.41, 5.74) is 3.52. The minimum Gasteiger partial charge on any atom is -0.444 e. The Labute approximate surface area is 185 Å². The number of carbonyl (C=O) groups is 1. The molecule has 3 rings (SSSR count). The smallest absolute Gasteiger partial charge is 0.410 e. The number of nitrogens with zero attached hydrogens (tertiary/aromatic N) is 3. The van der Waals surface area contributed by atoms with Crippen LogP contribution in [0.15, 0.2) is 16.7 Å². The van der Waals surface area contributed by atoms with Crippen molar-refractivity contribution in [1.29, 1.82) is 0 Å². The Hall–Kier alpha value is -2.52. The molecule has 0 N–H and O–H groups in total. The number of rotatable bonds is 5. The first-order valence-electron chi connectivity index (χ1n) is 11.1. The van der Waals surface area contributed by atoms with Crippen LogP contribution in [-0.2, 0) is 17.7 Å². The zero-order valence-electron chi connectivity index (χ0n) is 19.7. The van der Waals surface area contributed by atoms with Gasteiger partial charge in [-0.15, -0.1) is 5.92 Å². The first-order chi connectivity index (χ1) is 14.7. The molecule has 168 valence electrons. The molecule has 1 amide bonds. The number of ether oxygens (including phenoxy) is 1. The van der Waals surface area contributed by atoms with E-state index >= 15 is 0 Å². The Morgan fingerprint density at radius 3 is 2.61 bits per heavy atom. The fourth-order valence-electron chi connectivity index (χ4n) is 4.09. The highest BCUT2D eigenvalue weighted by Gasteiger charge is 2.27. The Morgan fingerprint density at radius 1 is 1.29 bits per heavy atom. The van der Waals surface area contributed by atoms with Crippen LogP contribution in [0.5, 0.6) is 0 Å². The van der Waals surface area contributed by atoms with Crippen LogP contribution >= 0.6 is 0 Å². The molecule has 0 spiro atoms. The first kappa shape index (κ1) is 23.1. The Balaban J connectivity index is 1.63. The summed E-state index contributed by atoms with van der Waals surface area (Å²) in [5.74, 6) is 6.76. The number of carbonyl (C=O) groups excluding carboxylic acids is 1. The molecule has 2 heterocycles. The molecule has 1 aromatic carbocycles. The van der Waals surface area contributed by atoms with Gasteiger partial charge in [-0.2, -0.15) is 0 Å². The van der Waals surface area contributed by atoms with E-state index in [0.717, 1.165) is 73.1 Å². The van der Waals surface area contributed by atoms with E-state index in [4.69, 9.17) is 9.26 Å². The van der Waals surface area contributed by atoms with Crippen molar-refractivity contribution in [3.63, 3.8) is 0 Å².